The molecular formula is C13H15N5O4. The Morgan fingerprint density at radius 2 is 2.23 bits per heavy atom. The fourth-order valence-electron chi connectivity index (χ4n) is 2.01. The number of ether oxygens (including phenoxy) is 1. The van der Waals surface area contributed by atoms with Crippen molar-refractivity contribution in [2.45, 2.75) is 6.54 Å². The topological polar surface area (TPSA) is 103 Å². The summed E-state index contributed by atoms with van der Waals surface area (Å²) in [6.45, 7) is 0.402. The van der Waals surface area contributed by atoms with Crippen molar-refractivity contribution in [3.05, 3.63) is 45.9 Å². The summed E-state index contributed by atoms with van der Waals surface area (Å²) in [4.78, 5) is 27.7. The molecule has 0 saturated heterocycles. The molecule has 0 bridgehead atoms. The van der Waals surface area contributed by atoms with Crippen LogP contribution < -0.4 is 4.90 Å². The Labute approximate surface area is 126 Å². The van der Waals surface area contributed by atoms with Crippen LogP contribution >= 0.6 is 0 Å². The molecule has 0 spiro atoms. The number of pyridine rings is 1. The number of hydrogen-bond donors (Lipinski definition) is 0. The van der Waals surface area contributed by atoms with Crippen LogP contribution in [0.15, 0.2) is 24.7 Å². The highest BCUT2D eigenvalue weighted by molar-refractivity contribution is 5.90. The summed E-state index contributed by atoms with van der Waals surface area (Å²) in [5.41, 5.74) is 0.667. The lowest BCUT2D eigenvalue weighted by molar-refractivity contribution is -0.384. The lowest BCUT2D eigenvalue weighted by Crippen LogP contribution is -2.19. The van der Waals surface area contributed by atoms with Gasteiger partial charge in [-0.1, -0.05) is 0 Å². The highest BCUT2D eigenvalue weighted by Crippen LogP contribution is 2.27. The van der Waals surface area contributed by atoms with Crippen molar-refractivity contribution in [3.63, 3.8) is 0 Å². The van der Waals surface area contributed by atoms with Gasteiger partial charge in [-0.15, -0.1) is 0 Å². The molecule has 0 fully saturated rings. The fourth-order valence-corrected chi connectivity index (χ4v) is 2.01. The molecule has 0 aliphatic rings. The Morgan fingerprint density at radius 1 is 1.50 bits per heavy atom. The van der Waals surface area contributed by atoms with Gasteiger partial charge in [0.2, 0.25) is 5.82 Å². The van der Waals surface area contributed by atoms with Gasteiger partial charge in [-0.3, -0.25) is 14.8 Å². The highest BCUT2D eigenvalue weighted by Gasteiger charge is 2.22. The molecule has 2 rings (SSSR count). The Kier molecular flexibility index (Phi) is 4.35. The van der Waals surface area contributed by atoms with Gasteiger partial charge in [0.25, 0.3) is 0 Å². The van der Waals surface area contributed by atoms with E-state index in [2.05, 4.69) is 14.8 Å². The van der Waals surface area contributed by atoms with Gasteiger partial charge in [0.05, 0.1) is 23.8 Å². The molecule has 9 heteroatoms. The Morgan fingerprint density at radius 3 is 2.77 bits per heavy atom. The summed E-state index contributed by atoms with van der Waals surface area (Å²) in [7, 11) is 4.67. The molecule has 0 aromatic carbocycles. The number of anilines is 1. The van der Waals surface area contributed by atoms with E-state index >= 15 is 0 Å². The lowest BCUT2D eigenvalue weighted by atomic mass is 10.2. The summed E-state index contributed by atoms with van der Waals surface area (Å²) < 4.78 is 6.19. The van der Waals surface area contributed by atoms with E-state index in [0.29, 0.717) is 6.54 Å². The molecule has 0 atom stereocenters. The van der Waals surface area contributed by atoms with E-state index in [0.717, 1.165) is 11.6 Å². The molecular weight excluding hydrogens is 290 g/mol. The molecule has 0 aliphatic heterocycles. The zero-order valence-electron chi connectivity index (χ0n) is 12.4. The first-order valence-electron chi connectivity index (χ1n) is 6.33. The molecule has 9 nitrogen and oxygen atoms in total. The first-order valence-corrected chi connectivity index (χ1v) is 6.33. The molecule has 2 aromatic heterocycles. The molecule has 0 aliphatic carbocycles. The van der Waals surface area contributed by atoms with Crippen LogP contribution in [0.5, 0.6) is 0 Å². The van der Waals surface area contributed by atoms with Gasteiger partial charge in [0.1, 0.15) is 0 Å². The van der Waals surface area contributed by atoms with Crippen molar-refractivity contribution in [3.8, 4) is 0 Å². The summed E-state index contributed by atoms with van der Waals surface area (Å²) in [5.74, 6) is -0.501. The van der Waals surface area contributed by atoms with Crippen LogP contribution in [0.1, 0.15) is 15.9 Å². The first-order chi connectivity index (χ1) is 10.4. The molecule has 2 heterocycles. The van der Waals surface area contributed by atoms with E-state index < -0.39 is 10.9 Å². The molecule has 0 saturated carbocycles. The minimum atomic E-state index is -0.669. The van der Waals surface area contributed by atoms with Gasteiger partial charge in [0.15, 0.2) is 0 Å². The van der Waals surface area contributed by atoms with Gasteiger partial charge >= 0.3 is 11.7 Å². The number of nitrogens with zero attached hydrogens (tertiary/aromatic N) is 5. The summed E-state index contributed by atoms with van der Waals surface area (Å²) in [6.07, 6.45) is 4.74. The van der Waals surface area contributed by atoms with Crippen molar-refractivity contribution in [1.82, 2.24) is 14.8 Å². The Hall–Kier alpha value is -2.97. The smallest absolute Gasteiger partial charge is 0.339 e. The number of aromatic nitrogens is 3. The number of aryl methyl sites for hydroxylation is 1. The number of carbonyl (C=O) groups is 1. The molecule has 0 amide bonds. The number of carbonyl (C=O) groups excluding carboxylic acids is 1. The molecule has 2 aromatic rings. The molecule has 0 radical (unpaired) electrons. The lowest BCUT2D eigenvalue weighted by Gasteiger charge is -2.17. The monoisotopic (exact) mass is 305 g/mol. The zero-order valence-corrected chi connectivity index (χ0v) is 12.4. The average molecular weight is 305 g/mol. The second-order valence-corrected chi connectivity index (χ2v) is 4.69. The maximum Gasteiger partial charge on any atom is 0.339 e. The van der Waals surface area contributed by atoms with Crippen LogP contribution in [0, 0.1) is 10.1 Å². The number of rotatable bonds is 5. The van der Waals surface area contributed by atoms with Gasteiger partial charge in [-0.25, -0.2) is 9.78 Å². The normalized spacial score (nSPS) is 10.3. The SMILES string of the molecule is COC(=O)c1cnc(N(C)Cc2cnn(C)c2)c([N+](=O)[O-])c1. The second-order valence-electron chi connectivity index (χ2n) is 4.69. The minimum absolute atomic E-state index is 0.0349. The van der Waals surface area contributed by atoms with Crippen molar-refractivity contribution in [2.24, 2.45) is 7.05 Å². The van der Waals surface area contributed by atoms with Crippen molar-refractivity contribution < 1.29 is 14.5 Å². The fraction of sp³-hybridized carbons (Fsp3) is 0.308. The summed E-state index contributed by atoms with van der Waals surface area (Å²) >= 11 is 0. The predicted octanol–water partition coefficient (Wildman–Crippen LogP) is 1.15. The first kappa shape index (κ1) is 15.4. The van der Waals surface area contributed by atoms with E-state index in [-0.39, 0.29) is 17.1 Å². The molecule has 116 valence electrons. The van der Waals surface area contributed by atoms with Crippen LogP contribution in [0.3, 0.4) is 0 Å². The summed E-state index contributed by atoms with van der Waals surface area (Å²) in [6, 6.07) is 1.16. The maximum atomic E-state index is 11.5. The van der Waals surface area contributed by atoms with E-state index in [4.69, 9.17) is 0 Å². The van der Waals surface area contributed by atoms with Crippen LogP contribution in [-0.2, 0) is 18.3 Å². The zero-order chi connectivity index (χ0) is 16.3. The largest absolute Gasteiger partial charge is 0.465 e. The second kappa shape index (κ2) is 6.20. The third-order valence-electron chi connectivity index (χ3n) is 3.00. The predicted molar refractivity (Wildman–Crippen MR) is 77.5 cm³/mol. The van der Waals surface area contributed by atoms with Crippen molar-refractivity contribution in [1.29, 1.82) is 0 Å². The average Bonchev–Trinajstić information content (AvgIpc) is 2.90. The van der Waals surface area contributed by atoms with Gasteiger partial charge < -0.3 is 9.64 Å². The minimum Gasteiger partial charge on any atom is -0.465 e. The van der Waals surface area contributed by atoms with Crippen LogP contribution in [0.4, 0.5) is 11.5 Å². The maximum absolute atomic E-state index is 11.5. The number of nitro groups is 1. The van der Waals surface area contributed by atoms with Crippen molar-refractivity contribution >= 4 is 17.5 Å². The van der Waals surface area contributed by atoms with Crippen molar-refractivity contribution in [2.75, 3.05) is 19.1 Å². The van der Waals surface area contributed by atoms with Crippen LogP contribution in [-0.4, -0.2) is 39.8 Å². The summed E-state index contributed by atoms with van der Waals surface area (Å²) in [5, 5.41) is 15.3. The van der Waals surface area contributed by atoms with E-state index in [1.165, 1.54) is 13.3 Å². The van der Waals surface area contributed by atoms with Crippen LogP contribution in [0.2, 0.25) is 0 Å². The highest BCUT2D eigenvalue weighted by atomic mass is 16.6. The third kappa shape index (κ3) is 3.19. The molecule has 0 unspecified atom stereocenters. The van der Waals surface area contributed by atoms with E-state index in [1.807, 2.05) is 6.20 Å². The Bertz CT molecular complexity index is 712. The quantitative estimate of drug-likeness (QED) is 0.463. The number of esters is 1. The van der Waals surface area contributed by atoms with Gasteiger partial charge in [-0.2, -0.15) is 5.10 Å². The molecule has 0 N–H and O–H groups in total. The van der Waals surface area contributed by atoms with E-state index in [9.17, 15) is 14.9 Å². The van der Waals surface area contributed by atoms with Gasteiger partial charge in [0, 0.05) is 44.7 Å². The standard InChI is InChI=1S/C13H15N5O4/c1-16(7-9-5-15-17(2)8-9)12-11(18(20)21)4-10(6-14-12)13(19)22-3/h4-6,8H,7H2,1-3H3. The van der Waals surface area contributed by atoms with E-state index in [1.54, 1.807) is 29.9 Å². The van der Waals surface area contributed by atoms with Gasteiger partial charge in [-0.05, 0) is 0 Å². The third-order valence-corrected chi connectivity index (χ3v) is 3.00. The number of methoxy groups -OCH3 is 1. The van der Waals surface area contributed by atoms with Crippen LogP contribution in [0.25, 0.3) is 0 Å². The number of hydrogen-bond acceptors (Lipinski definition) is 7. The molecule has 22 heavy (non-hydrogen) atoms. The Balaban J connectivity index is 2.32.